The van der Waals surface area contributed by atoms with E-state index in [9.17, 15) is 4.79 Å². The number of rotatable bonds is 4. The van der Waals surface area contributed by atoms with E-state index in [1.54, 1.807) is 7.05 Å². The summed E-state index contributed by atoms with van der Waals surface area (Å²) in [6.07, 6.45) is 2.99. The van der Waals surface area contributed by atoms with Crippen molar-refractivity contribution in [3.8, 4) is 0 Å². The van der Waals surface area contributed by atoms with Crippen LogP contribution in [0.2, 0.25) is 0 Å². The van der Waals surface area contributed by atoms with Gasteiger partial charge in [0.05, 0.1) is 12.4 Å². The maximum atomic E-state index is 12.2. The Labute approximate surface area is 118 Å². The predicted octanol–water partition coefficient (Wildman–Crippen LogP) is 2.89. The van der Waals surface area contributed by atoms with Gasteiger partial charge in [-0.15, -0.1) is 0 Å². The van der Waals surface area contributed by atoms with E-state index in [0.29, 0.717) is 17.4 Å². The van der Waals surface area contributed by atoms with Crippen LogP contribution in [0.4, 0.5) is 11.5 Å². The lowest BCUT2D eigenvalue weighted by Crippen LogP contribution is -2.15. The Hall–Kier alpha value is -2.43. The summed E-state index contributed by atoms with van der Waals surface area (Å²) in [5, 5.41) is 5.75. The van der Waals surface area contributed by atoms with E-state index in [1.807, 2.05) is 24.3 Å². The summed E-state index contributed by atoms with van der Waals surface area (Å²) in [6, 6.07) is 7.77. The Kier molecular flexibility index (Phi) is 4.30. The summed E-state index contributed by atoms with van der Waals surface area (Å²) in [5.41, 5.74) is 2.20. The molecule has 1 heterocycles. The van der Waals surface area contributed by atoms with Gasteiger partial charge in [-0.2, -0.15) is 0 Å². The molecule has 0 radical (unpaired) electrons. The molecule has 0 saturated carbocycles. The molecule has 104 valence electrons. The molecule has 2 aromatic rings. The first-order valence-corrected chi connectivity index (χ1v) is 6.52. The van der Waals surface area contributed by atoms with E-state index in [2.05, 4.69) is 34.4 Å². The molecule has 0 aliphatic carbocycles. The van der Waals surface area contributed by atoms with Crippen molar-refractivity contribution < 1.29 is 4.79 Å². The molecule has 0 atom stereocenters. The minimum atomic E-state index is -0.256. The van der Waals surface area contributed by atoms with Crippen LogP contribution >= 0.6 is 0 Å². The lowest BCUT2D eigenvalue weighted by molar-refractivity contribution is 0.102. The van der Waals surface area contributed by atoms with Crippen molar-refractivity contribution in [2.24, 2.45) is 0 Å². The number of anilines is 2. The molecule has 2 rings (SSSR count). The van der Waals surface area contributed by atoms with Crippen LogP contribution in [0.3, 0.4) is 0 Å². The normalized spacial score (nSPS) is 10.4. The van der Waals surface area contributed by atoms with Crippen molar-refractivity contribution in [3.63, 3.8) is 0 Å². The third kappa shape index (κ3) is 3.12. The molecule has 0 fully saturated rings. The van der Waals surface area contributed by atoms with Gasteiger partial charge in [-0.05, 0) is 17.5 Å². The zero-order chi connectivity index (χ0) is 14.5. The molecule has 5 nitrogen and oxygen atoms in total. The number of aromatic nitrogens is 2. The molecule has 0 aliphatic heterocycles. The van der Waals surface area contributed by atoms with Gasteiger partial charge < -0.3 is 10.6 Å². The molecule has 1 amide bonds. The summed E-state index contributed by atoms with van der Waals surface area (Å²) < 4.78 is 0. The SMILES string of the molecule is CNc1cnc(C(=O)Nc2ccccc2C(C)C)cn1. The third-order valence-corrected chi connectivity index (χ3v) is 2.97. The highest BCUT2D eigenvalue weighted by Gasteiger charge is 2.12. The van der Waals surface area contributed by atoms with Crippen LogP contribution in [-0.4, -0.2) is 22.9 Å². The maximum absolute atomic E-state index is 12.2. The fraction of sp³-hybridized carbons (Fsp3) is 0.267. The van der Waals surface area contributed by atoms with Gasteiger partial charge in [-0.3, -0.25) is 4.79 Å². The van der Waals surface area contributed by atoms with E-state index >= 15 is 0 Å². The maximum Gasteiger partial charge on any atom is 0.275 e. The number of nitrogens with zero attached hydrogens (tertiary/aromatic N) is 2. The molecule has 0 unspecified atom stereocenters. The van der Waals surface area contributed by atoms with E-state index in [-0.39, 0.29) is 5.91 Å². The van der Waals surface area contributed by atoms with Gasteiger partial charge in [-0.1, -0.05) is 32.0 Å². The summed E-state index contributed by atoms with van der Waals surface area (Å²) >= 11 is 0. The molecule has 0 spiro atoms. The fourth-order valence-electron chi connectivity index (χ4n) is 1.88. The van der Waals surface area contributed by atoms with Crippen molar-refractivity contribution in [3.05, 3.63) is 47.9 Å². The number of carbonyl (C=O) groups is 1. The van der Waals surface area contributed by atoms with Gasteiger partial charge >= 0.3 is 0 Å². The highest BCUT2D eigenvalue weighted by Crippen LogP contribution is 2.23. The van der Waals surface area contributed by atoms with Crippen LogP contribution in [0.5, 0.6) is 0 Å². The first kappa shape index (κ1) is 14.0. The lowest BCUT2D eigenvalue weighted by Gasteiger charge is -2.13. The highest BCUT2D eigenvalue weighted by molar-refractivity contribution is 6.03. The molecule has 0 bridgehead atoms. The Morgan fingerprint density at radius 3 is 2.50 bits per heavy atom. The number of carbonyl (C=O) groups excluding carboxylic acids is 1. The molecule has 1 aromatic carbocycles. The van der Waals surface area contributed by atoms with Crippen molar-refractivity contribution in [2.45, 2.75) is 19.8 Å². The Bertz CT molecular complexity index is 593. The van der Waals surface area contributed by atoms with Gasteiger partial charge in [0, 0.05) is 12.7 Å². The first-order chi connectivity index (χ1) is 9.61. The second kappa shape index (κ2) is 6.14. The summed E-state index contributed by atoms with van der Waals surface area (Å²) in [6.45, 7) is 4.18. The van der Waals surface area contributed by atoms with Crippen LogP contribution in [0.1, 0.15) is 35.8 Å². The molecule has 0 saturated heterocycles. The van der Waals surface area contributed by atoms with E-state index in [1.165, 1.54) is 12.4 Å². The van der Waals surface area contributed by atoms with E-state index < -0.39 is 0 Å². The molecular weight excluding hydrogens is 252 g/mol. The molecular formula is C15H18N4O. The van der Waals surface area contributed by atoms with Crippen LogP contribution in [0.25, 0.3) is 0 Å². The second-order valence-corrected chi connectivity index (χ2v) is 4.73. The Morgan fingerprint density at radius 2 is 1.90 bits per heavy atom. The fourth-order valence-corrected chi connectivity index (χ4v) is 1.88. The number of nitrogens with one attached hydrogen (secondary N) is 2. The zero-order valence-corrected chi connectivity index (χ0v) is 11.8. The molecule has 5 heteroatoms. The van der Waals surface area contributed by atoms with E-state index in [0.717, 1.165) is 11.3 Å². The average molecular weight is 270 g/mol. The van der Waals surface area contributed by atoms with Crippen molar-refractivity contribution in [1.82, 2.24) is 9.97 Å². The molecule has 0 aliphatic rings. The lowest BCUT2D eigenvalue weighted by atomic mass is 10.0. The zero-order valence-electron chi connectivity index (χ0n) is 11.8. The number of hydrogen-bond acceptors (Lipinski definition) is 4. The topological polar surface area (TPSA) is 66.9 Å². The first-order valence-electron chi connectivity index (χ1n) is 6.52. The Morgan fingerprint density at radius 1 is 1.15 bits per heavy atom. The number of amides is 1. The van der Waals surface area contributed by atoms with Crippen molar-refractivity contribution in [1.29, 1.82) is 0 Å². The van der Waals surface area contributed by atoms with Crippen LogP contribution in [0, 0.1) is 0 Å². The third-order valence-electron chi connectivity index (χ3n) is 2.97. The summed E-state index contributed by atoms with van der Waals surface area (Å²) in [4.78, 5) is 20.3. The van der Waals surface area contributed by atoms with Gasteiger partial charge in [0.25, 0.3) is 5.91 Å². The summed E-state index contributed by atoms with van der Waals surface area (Å²) in [5.74, 6) is 0.710. The highest BCUT2D eigenvalue weighted by atomic mass is 16.1. The van der Waals surface area contributed by atoms with Crippen LogP contribution < -0.4 is 10.6 Å². The van der Waals surface area contributed by atoms with Crippen molar-refractivity contribution in [2.75, 3.05) is 17.7 Å². The van der Waals surface area contributed by atoms with Crippen LogP contribution in [-0.2, 0) is 0 Å². The standard InChI is InChI=1S/C15H18N4O/c1-10(2)11-6-4-5-7-12(11)19-15(20)13-8-18-14(16-3)9-17-13/h4-10H,1-3H3,(H,16,18)(H,19,20). The number of para-hydroxylation sites is 1. The van der Waals surface area contributed by atoms with Gasteiger partial charge in [0.1, 0.15) is 11.5 Å². The van der Waals surface area contributed by atoms with E-state index in [4.69, 9.17) is 0 Å². The minimum absolute atomic E-state index is 0.256. The molecule has 1 aromatic heterocycles. The second-order valence-electron chi connectivity index (χ2n) is 4.73. The quantitative estimate of drug-likeness (QED) is 0.896. The largest absolute Gasteiger partial charge is 0.372 e. The van der Waals surface area contributed by atoms with Gasteiger partial charge in [-0.25, -0.2) is 9.97 Å². The van der Waals surface area contributed by atoms with Gasteiger partial charge in [0.2, 0.25) is 0 Å². The smallest absolute Gasteiger partial charge is 0.275 e. The molecule has 20 heavy (non-hydrogen) atoms. The monoisotopic (exact) mass is 270 g/mol. The number of benzene rings is 1. The predicted molar refractivity (Wildman–Crippen MR) is 80.1 cm³/mol. The van der Waals surface area contributed by atoms with Gasteiger partial charge in [0.15, 0.2) is 0 Å². The minimum Gasteiger partial charge on any atom is -0.372 e. The van der Waals surface area contributed by atoms with Crippen LogP contribution in [0.15, 0.2) is 36.7 Å². The Balaban J connectivity index is 2.19. The molecule has 2 N–H and O–H groups in total. The average Bonchev–Trinajstić information content (AvgIpc) is 2.47. The number of hydrogen-bond donors (Lipinski definition) is 2. The summed E-state index contributed by atoms with van der Waals surface area (Å²) in [7, 11) is 1.75. The van der Waals surface area contributed by atoms with Crippen molar-refractivity contribution >= 4 is 17.4 Å².